The molecule has 1 aromatic carbocycles. The molecular weight excluding hydrogens is 203 g/mol. The maximum Gasteiger partial charge on any atom is 0.123 e. The molecule has 0 unspecified atom stereocenters. The van der Waals surface area contributed by atoms with Crippen LogP contribution < -0.4 is 5.73 Å². The highest BCUT2D eigenvalue weighted by atomic mass is 19.1. The lowest BCUT2D eigenvalue weighted by Gasteiger charge is -2.06. The molecule has 0 aliphatic heterocycles. The van der Waals surface area contributed by atoms with Crippen molar-refractivity contribution >= 4 is 10.9 Å². The van der Waals surface area contributed by atoms with Crippen LogP contribution in [0.4, 0.5) is 4.39 Å². The standard InChI is InChI=1S/C13H17FN2/c1-2-16-12(4-3-7-15)9-10-8-11(14)5-6-13(10)16/h5-6,8-9H,2-4,7,15H2,1H3. The molecule has 16 heavy (non-hydrogen) atoms. The van der Waals surface area contributed by atoms with E-state index in [4.69, 9.17) is 5.73 Å². The maximum atomic E-state index is 13.1. The zero-order valence-electron chi connectivity index (χ0n) is 9.54. The summed E-state index contributed by atoms with van der Waals surface area (Å²) in [4.78, 5) is 0. The molecule has 2 N–H and O–H groups in total. The van der Waals surface area contributed by atoms with Crippen LogP contribution in [0.15, 0.2) is 24.3 Å². The van der Waals surface area contributed by atoms with Gasteiger partial charge in [0.05, 0.1) is 0 Å². The quantitative estimate of drug-likeness (QED) is 0.843. The van der Waals surface area contributed by atoms with Crippen molar-refractivity contribution in [2.45, 2.75) is 26.3 Å². The summed E-state index contributed by atoms with van der Waals surface area (Å²) in [6.45, 7) is 3.71. The molecule has 1 heterocycles. The van der Waals surface area contributed by atoms with Gasteiger partial charge in [0.2, 0.25) is 0 Å². The number of nitrogens with two attached hydrogens (primary N) is 1. The van der Waals surface area contributed by atoms with E-state index in [9.17, 15) is 4.39 Å². The van der Waals surface area contributed by atoms with E-state index >= 15 is 0 Å². The Morgan fingerprint density at radius 2 is 2.12 bits per heavy atom. The van der Waals surface area contributed by atoms with E-state index in [-0.39, 0.29) is 5.82 Å². The van der Waals surface area contributed by atoms with E-state index < -0.39 is 0 Å². The highest BCUT2D eigenvalue weighted by molar-refractivity contribution is 5.81. The lowest BCUT2D eigenvalue weighted by molar-refractivity contribution is 0.629. The van der Waals surface area contributed by atoms with Gasteiger partial charge in [-0.25, -0.2) is 4.39 Å². The molecule has 0 radical (unpaired) electrons. The van der Waals surface area contributed by atoms with Gasteiger partial charge in [0.15, 0.2) is 0 Å². The van der Waals surface area contributed by atoms with Gasteiger partial charge in [0.1, 0.15) is 5.82 Å². The predicted molar refractivity (Wildman–Crippen MR) is 64.9 cm³/mol. The summed E-state index contributed by atoms with van der Waals surface area (Å²) in [7, 11) is 0. The molecule has 2 rings (SSSR count). The van der Waals surface area contributed by atoms with E-state index in [1.54, 1.807) is 6.07 Å². The van der Waals surface area contributed by atoms with Gasteiger partial charge in [-0.3, -0.25) is 0 Å². The van der Waals surface area contributed by atoms with Crippen molar-refractivity contribution in [3.05, 3.63) is 35.8 Å². The van der Waals surface area contributed by atoms with Crippen LogP contribution in [-0.2, 0) is 13.0 Å². The molecule has 86 valence electrons. The molecule has 2 nitrogen and oxygen atoms in total. The van der Waals surface area contributed by atoms with Crippen LogP contribution >= 0.6 is 0 Å². The number of halogens is 1. The first-order valence-electron chi connectivity index (χ1n) is 5.74. The van der Waals surface area contributed by atoms with Crippen LogP contribution in [-0.4, -0.2) is 11.1 Å². The number of benzene rings is 1. The number of hydrogen-bond donors (Lipinski definition) is 1. The monoisotopic (exact) mass is 220 g/mol. The summed E-state index contributed by atoms with van der Waals surface area (Å²) in [6, 6.07) is 7.02. The minimum absolute atomic E-state index is 0.175. The topological polar surface area (TPSA) is 30.9 Å². The molecule has 3 heteroatoms. The average Bonchev–Trinajstić information content (AvgIpc) is 2.62. The Kier molecular flexibility index (Phi) is 3.25. The van der Waals surface area contributed by atoms with E-state index in [2.05, 4.69) is 17.6 Å². The van der Waals surface area contributed by atoms with E-state index in [0.717, 1.165) is 30.3 Å². The Morgan fingerprint density at radius 3 is 2.81 bits per heavy atom. The second-order valence-corrected chi connectivity index (χ2v) is 3.98. The number of fused-ring (bicyclic) bond motifs is 1. The van der Waals surface area contributed by atoms with Crippen molar-refractivity contribution in [1.29, 1.82) is 0 Å². The summed E-state index contributed by atoms with van der Waals surface area (Å²) in [6.07, 6.45) is 1.93. The molecule has 0 aliphatic rings. The largest absolute Gasteiger partial charge is 0.345 e. The fraction of sp³-hybridized carbons (Fsp3) is 0.385. The zero-order valence-corrected chi connectivity index (χ0v) is 9.54. The molecule has 0 amide bonds. The second-order valence-electron chi connectivity index (χ2n) is 3.98. The van der Waals surface area contributed by atoms with Crippen molar-refractivity contribution in [3.8, 4) is 0 Å². The van der Waals surface area contributed by atoms with Crippen LogP contribution in [0.5, 0.6) is 0 Å². The van der Waals surface area contributed by atoms with Crippen molar-refractivity contribution < 1.29 is 4.39 Å². The lowest BCUT2D eigenvalue weighted by Crippen LogP contribution is -2.05. The van der Waals surface area contributed by atoms with Gasteiger partial charge in [-0.1, -0.05) is 0 Å². The Balaban J connectivity index is 2.48. The molecular formula is C13H17FN2. The van der Waals surface area contributed by atoms with Gasteiger partial charge >= 0.3 is 0 Å². The fourth-order valence-corrected chi connectivity index (χ4v) is 2.16. The predicted octanol–water partition coefficient (Wildman–Crippen LogP) is 2.69. The molecule has 0 atom stereocenters. The highest BCUT2D eigenvalue weighted by Gasteiger charge is 2.07. The Hall–Kier alpha value is -1.35. The number of nitrogens with zero attached hydrogens (tertiary/aromatic N) is 1. The van der Waals surface area contributed by atoms with Crippen LogP contribution in [0.2, 0.25) is 0 Å². The fourth-order valence-electron chi connectivity index (χ4n) is 2.16. The summed E-state index contributed by atoms with van der Waals surface area (Å²) in [5, 5.41) is 0.980. The van der Waals surface area contributed by atoms with Crippen molar-refractivity contribution in [2.24, 2.45) is 5.73 Å². The van der Waals surface area contributed by atoms with Crippen LogP contribution in [0.3, 0.4) is 0 Å². The summed E-state index contributed by atoms with van der Waals surface area (Å²) >= 11 is 0. The van der Waals surface area contributed by atoms with Gasteiger partial charge in [-0.2, -0.15) is 0 Å². The van der Waals surface area contributed by atoms with Crippen molar-refractivity contribution in [2.75, 3.05) is 6.54 Å². The molecule has 0 saturated carbocycles. The minimum Gasteiger partial charge on any atom is -0.345 e. The van der Waals surface area contributed by atoms with Crippen LogP contribution in [0.25, 0.3) is 10.9 Å². The Labute approximate surface area is 94.9 Å². The molecule has 0 saturated heterocycles. The second kappa shape index (κ2) is 4.66. The number of aromatic nitrogens is 1. The Morgan fingerprint density at radius 1 is 1.31 bits per heavy atom. The van der Waals surface area contributed by atoms with Gasteiger partial charge < -0.3 is 10.3 Å². The maximum absolute atomic E-state index is 13.1. The summed E-state index contributed by atoms with van der Waals surface area (Å²) in [5.41, 5.74) is 7.87. The van der Waals surface area contributed by atoms with Crippen molar-refractivity contribution in [1.82, 2.24) is 4.57 Å². The molecule has 2 aromatic rings. The van der Waals surface area contributed by atoms with Gasteiger partial charge in [0, 0.05) is 23.1 Å². The van der Waals surface area contributed by atoms with Gasteiger partial charge in [-0.05, 0) is 50.6 Å². The Bertz CT molecular complexity index is 488. The molecule has 0 bridgehead atoms. The molecule has 0 aliphatic carbocycles. The molecule has 1 aromatic heterocycles. The summed E-state index contributed by atoms with van der Waals surface area (Å²) in [5.74, 6) is -0.175. The minimum atomic E-state index is -0.175. The van der Waals surface area contributed by atoms with Crippen molar-refractivity contribution in [3.63, 3.8) is 0 Å². The van der Waals surface area contributed by atoms with Gasteiger partial charge in [-0.15, -0.1) is 0 Å². The van der Waals surface area contributed by atoms with E-state index in [1.807, 2.05) is 6.07 Å². The third-order valence-corrected chi connectivity index (χ3v) is 2.90. The normalized spacial score (nSPS) is 11.2. The first-order valence-corrected chi connectivity index (χ1v) is 5.74. The third-order valence-electron chi connectivity index (χ3n) is 2.90. The van der Waals surface area contributed by atoms with Crippen LogP contribution in [0, 0.1) is 5.82 Å². The number of aryl methyl sites for hydroxylation is 2. The molecule has 0 fully saturated rings. The number of hydrogen-bond acceptors (Lipinski definition) is 1. The molecule has 0 spiro atoms. The van der Waals surface area contributed by atoms with E-state index in [0.29, 0.717) is 6.54 Å². The SMILES string of the molecule is CCn1c(CCCN)cc2cc(F)ccc21. The average molecular weight is 220 g/mol. The third kappa shape index (κ3) is 1.95. The van der Waals surface area contributed by atoms with Crippen LogP contribution in [0.1, 0.15) is 19.0 Å². The highest BCUT2D eigenvalue weighted by Crippen LogP contribution is 2.21. The zero-order chi connectivity index (χ0) is 11.5. The first kappa shape index (κ1) is 11.1. The lowest BCUT2D eigenvalue weighted by atomic mass is 10.2. The van der Waals surface area contributed by atoms with E-state index in [1.165, 1.54) is 11.8 Å². The number of rotatable bonds is 4. The first-order chi connectivity index (χ1) is 7.76. The smallest absolute Gasteiger partial charge is 0.123 e. The van der Waals surface area contributed by atoms with Gasteiger partial charge in [0.25, 0.3) is 0 Å². The summed E-state index contributed by atoms with van der Waals surface area (Å²) < 4.78 is 15.3.